The third-order valence-corrected chi connectivity index (χ3v) is 3.06. The topological polar surface area (TPSA) is 70.8 Å². The van der Waals surface area contributed by atoms with Crippen LogP contribution in [0.2, 0.25) is 0 Å². The summed E-state index contributed by atoms with van der Waals surface area (Å²) in [5, 5.41) is 0. The maximum Gasteiger partial charge on any atom is 0.264 e. The van der Waals surface area contributed by atoms with Crippen molar-refractivity contribution in [1.82, 2.24) is 10.3 Å². The average Bonchev–Trinajstić information content (AvgIpc) is 2.35. The number of hydrazine groups is 1. The van der Waals surface area contributed by atoms with Crippen molar-refractivity contribution in [2.45, 2.75) is 6.17 Å². The molecule has 6 heteroatoms. The van der Waals surface area contributed by atoms with E-state index in [1.165, 1.54) is 0 Å². The van der Waals surface area contributed by atoms with E-state index in [2.05, 4.69) is 5.43 Å². The average molecular weight is 250 g/mol. The number of carbonyl (C=O) groups excluding carboxylic acids is 1. The molecule has 0 aromatic heterocycles. The number of hydrogen-bond acceptors (Lipinski definition) is 5. The van der Waals surface area contributed by atoms with Crippen molar-refractivity contribution >= 4 is 11.6 Å². The number of likely N-dealkylation sites (N-methyl/N-ethyl adjacent to an activating group) is 1. The first-order valence-corrected chi connectivity index (χ1v) is 5.70. The first-order valence-electron chi connectivity index (χ1n) is 5.70. The smallest absolute Gasteiger partial charge is 0.264 e. The summed E-state index contributed by atoms with van der Waals surface area (Å²) in [5.74, 6) is 6.20. The molecular formula is C12H18N4O2. The third-order valence-electron chi connectivity index (χ3n) is 3.06. The van der Waals surface area contributed by atoms with Crippen molar-refractivity contribution in [2.24, 2.45) is 5.84 Å². The van der Waals surface area contributed by atoms with E-state index in [0.717, 1.165) is 17.0 Å². The Labute approximate surface area is 106 Å². The highest BCUT2D eigenvalue weighted by atomic mass is 16.5. The number of hydrogen-bond donors (Lipinski definition) is 2. The van der Waals surface area contributed by atoms with Crippen LogP contribution in [0, 0.1) is 0 Å². The van der Waals surface area contributed by atoms with Crippen molar-refractivity contribution in [3.63, 3.8) is 0 Å². The van der Waals surface area contributed by atoms with Gasteiger partial charge in [-0.2, -0.15) is 0 Å². The molecule has 2 rings (SSSR count). The lowest BCUT2D eigenvalue weighted by Gasteiger charge is -2.29. The molecule has 1 aliphatic rings. The molecule has 1 aromatic carbocycles. The molecule has 0 saturated heterocycles. The van der Waals surface area contributed by atoms with Crippen LogP contribution in [0.1, 0.15) is 11.7 Å². The summed E-state index contributed by atoms with van der Waals surface area (Å²) in [6.45, 7) is 0.0924. The highest BCUT2D eigenvalue weighted by Gasteiger charge is 2.24. The number of rotatable bonds is 3. The van der Waals surface area contributed by atoms with Gasteiger partial charge < -0.3 is 9.64 Å². The first kappa shape index (κ1) is 12.8. The van der Waals surface area contributed by atoms with Crippen molar-refractivity contribution in [2.75, 3.05) is 32.6 Å². The second-order valence-corrected chi connectivity index (χ2v) is 4.50. The minimum Gasteiger partial charge on any atom is -0.482 e. The van der Waals surface area contributed by atoms with E-state index in [1.807, 2.05) is 37.2 Å². The van der Waals surface area contributed by atoms with E-state index in [9.17, 15) is 4.79 Å². The normalized spacial score (nSPS) is 16.5. The van der Waals surface area contributed by atoms with Crippen LogP contribution in [0.4, 0.5) is 5.69 Å². The zero-order valence-corrected chi connectivity index (χ0v) is 10.8. The van der Waals surface area contributed by atoms with Gasteiger partial charge in [-0.1, -0.05) is 6.07 Å². The molecule has 0 bridgehead atoms. The monoisotopic (exact) mass is 250 g/mol. The first-order chi connectivity index (χ1) is 8.54. The van der Waals surface area contributed by atoms with Gasteiger partial charge in [-0.25, -0.2) is 5.43 Å². The van der Waals surface area contributed by atoms with Crippen LogP contribution in [0.25, 0.3) is 0 Å². The SMILES string of the molecule is CN1C(=O)COc2ccc(C(NN)N(C)C)cc21. The van der Waals surface area contributed by atoms with Gasteiger partial charge in [-0.15, -0.1) is 0 Å². The summed E-state index contributed by atoms with van der Waals surface area (Å²) < 4.78 is 5.38. The van der Waals surface area contributed by atoms with E-state index in [4.69, 9.17) is 10.6 Å². The second-order valence-electron chi connectivity index (χ2n) is 4.50. The van der Waals surface area contributed by atoms with Gasteiger partial charge in [0.15, 0.2) is 6.61 Å². The van der Waals surface area contributed by atoms with Crippen LogP contribution < -0.4 is 20.9 Å². The molecule has 1 aromatic rings. The Balaban J connectivity index is 2.39. The predicted octanol–water partition coefficient (Wildman–Crippen LogP) is 0.0653. The molecule has 0 aliphatic carbocycles. The highest BCUT2D eigenvalue weighted by molar-refractivity contribution is 5.97. The van der Waals surface area contributed by atoms with E-state index in [1.54, 1.807) is 11.9 Å². The standard InChI is InChI=1S/C12H18N4O2/c1-15(2)12(14-13)8-4-5-10-9(6-8)16(3)11(17)7-18-10/h4-6,12,14H,7,13H2,1-3H3. The van der Waals surface area contributed by atoms with Gasteiger partial charge in [-0.3, -0.25) is 15.5 Å². The summed E-state index contributed by atoms with van der Waals surface area (Å²) in [5.41, 5.74) is 4.48. The molecule has 1 amide bonds. The van der Waals surface area contributed by atoms with Crippen LogP contribution >= 0.6 is 0 Å². The van der Waals surface area contributed by atoms with Gasteiger partial charge in [-0.05, 0) is 31.8 Å². The Kier molecular flexibility index (Phi) is 3.51. The maximum atomic E-state index is 11.6. The molecule has 1 unspecified atom stereocenters. The summed E-state index contributed by atoms with van der Waals surface area (Å²) >= 11 is 0. The largest absolute Gasteiger partial charge is 0.482 e. The zero-order valence-electron chi connectivity index (χ0n) is 10.8. The summed E-state index contributed by atoms with van der Waals surface area (Å²) in [6, 6.07) is 5.71. The summed E-state index contributed by atoms with van der Waals surface area (Å²) in [7, 11) is 5.60. The van der Waals surface area contributed by atoms with Gasteiger partial charge in [0.1, 0.15) is 5.75 Å². The molecule has 0 spiro atoms. The fourth-order valence-electron chi connectivity index (χ4n) is 2.00. The molecule has 1 heterocycles. The number of ether oxygens (including phenoxy) is 1. The summed E-state index contributed by atoms with van der Waals surface area (Å²) in [6.07, 6.45) is -0.110. The Morgan fingerprint density at radius 1 is 1.50 bits per heavy atom. The number of fused-ring (bicyclic) bond motifs is 1. The summed E-state index contributed by atoms with van der Waals surface area (Å²) in [4.78, 5) is 15.1. The molecular weight excluding hydrogens is 232 g/mol. The molecule has 1 aliphatic heterocycles. The third kappa shape index (κ3) is 2.17. The van der Waals surface area contributed by atoms with E-state index < -0.39 is 0 Å². The number of nitrogens with one attached hydrogen (secondary N) is 1. The number of anilines is 1. The fourth-order valence-corrected chi connectivity index (χ4v) is 2.00. The van der Waals surface area contributed by atoms with Gasteiger partial charge in [0.25, 0.3) is 5.91 Å². The maximum absolute atomic E-state index is 11.6. The van der Waals surface area contributed by atoms with Gasteiger partial charge in [0.2, 0.25) is 0 Å². The van der Waals surface area contributed by atoms with E-state index >= 15 is 0 Å². The lowest BCUT2D eigenvalue weighted by Crippen LogP contribution is -2.38. The Bertz CT molecular complexity index is 461. The molecule has 0 radical (unpaired) electrons. The number of carbonyl (C=O) groups is 1. The number of nitrogens with two attached hydrogens (primary N) is 1. The Hall–Kier alpha value is -1.63. The van der Waals surface area contributed by atoms with E-state index in [0.29, 0.717) is 0 Å². The molecule has 1 atom stereocenters. The quantitative estimate of drug-likeness (QED) is 0.451. The van der Waals surface area contributed by atoms with Crippen LogP contribution in [-0.2, 0) is 4.79 Å². The van der Waals surface area contributed by atoms with Crippen LogP contribution in [0.3, 0.4) is 0 Å². The van der Waals surface area contributed by atoms with Crippen molar-refractivity contribution in [3.8, 4) is 5.75 Å². The lowest BCUT2D eigenvalue weighted by atomic mass is 10.1. The Morgan fingerprint density at radius 2 is 2.22 bits per heavy atom. The Morgan fingerprint density at radius 3 is 2.83 bits per heavy atom. The van der Waals surface area contributed by atoms with Gasteiger partial charge in [0, 0.05) is 7.05 Å². The molecule has 98 valence electrons. The molecule has 6 nitrogen and oxygen atoms in total. The van der Waals surface area contributed by atoms with Crippen LogP contribution in [0.15, 0.2) is 18.2 Å². The number of benzene rings is 1. The minimum atomic E-state index is -0.110. The predicted molar refractivity (Wildman–Crippen MR) is 69.1 cm³/mol. The number of nitrogens with zero attached hydrogens (tertiary/aromatic N) is 2. The van der Waals surface area contributed by atoms with Crippen LogP contribution in [0.5, 0.6) is 5.75 Å². The van der Waals surface area contributed by atoms with Crippen molar-refractivity contribution < 1.29 is 9.53 Å². The molecule has 18 heavy (non-hydrogen) atoms. The molecule has 0 fully saturated rings. The lowest BCUT2D eigenvalue weighted by molar-refractivity contribution is -0.120. The minimum absolute atomic E-state index is 0.0539. The molecule has 0 saturated carbocycles. The van der Waals surface area contributed by atoms with Crippen molar-refractivity contribution in [3.05, 3.63) is 23.8 Å². The van der Waals surface area contributed by atoms with Gasteiger partial charge in [0.05, 0.1) is 11.9 Å². The molecule has 3 N–H and O–H groups in total. The van der Waals surface area contributed by atoms with Gasteiger partial charge >= 0.3 is 0 Å². The second kappa shape index (κ2) is 4.93. The highest BCUT2D eigenvalue weighted by Crippen LogP contribution is 2.33. The fraction of sp³-hybridized carbons (Fsp3) is 0.417. The van der Waals surface area contributed by atoms with Crippen molar-refractivity contribution in [1.29, 1.82) is 0 Å². The zero-order chi connectivity index (χ0) is 13.3. The van der Waals surface area contributed by atoms with E-state index in [-0.39, 0.29) is 18.7 Å². The number of amides is 1. The van der Waals surface area contributed by atoms with Crippen LogP contribution in [-0.4, -0.2) is 38.6 Å².